The van der Waals surface area contributed by atoms with Crippen LogP contribution < -0.4 is 5.32 Å². The van der Waals surface area contributed by atoms with Gasteiger partial charge in [-0.05, 0) is 12.1 Å². The summed E-state index contributed by atoms with van der Waals surface area (Å²) in [5.41, 5.74) is 0.246. The second-order valence-electron chi connectivity index (χ2n) is 3.52. The SMILES string of the molecule is CN(C)/C(O)=C(\C#N)C(=O)Nc1ccccc1. The highest BCUT2D eigenvalue weighted by atomic mass is 16.3. The molecule has 2 N–H and O–H groups in total. The van der Waals surface area contributed by atoms with Gasteiger partial charge in [-0.15, -0.1) is 0 Å². The molecule has 0 heterocycles. The van der Waals surface area contributed by atoms with Gasteiger partial charge in [0.15, 0.2) is 5.57 Å². The summed E-state index contributed by atoms with van der Waals surface area (Å²) in [4.78, 5) is 13.0. The second-order valence-corrected chi connectivity index (χ2v) is 3.52. The Morgan fingerprint density at radius 1 is 1.35 bits per heavy atom. The van der Waals surface area contributed by atoms with Crippen molar-refractivity contribution >= 4 is 11.6 Å². The highest BCUT2D eigenvalue weighted by molar-refractivity contribution is 6.06. The third-order valence-electron chi connectivity index (χ3n) is 2.02. The van der Waals surface area contributed by atoms with E-state index in [1.807, 2.05) is 6.07 Å². The van der Waals surface area contributed by atoms with Crippen molar-refractivity contribution in [1.29, 1.82) is 5.26 Å². The molecule has 0 spiro atoms. The maximum absolute atomic E-state index is 11.7. The van der Waals surface area contributed by atoms with Gasteiger partial charge in [0.25, 0.3) is 5.91 Å². The number of aliphatic hydroxyl groups excluding tert-OH is 1. The number of hydrogen-bond donors (Lipinski definition) is 2. The number of aliphatic hydroxyl groups is 1. The normalized spacial score (nSPS) is 11.1. The van der Waals surface area contributed by atoms with Gasteiger partial charge in [-0.25, -0.2) is 0 Å². The van der Waals surface area contributed by atoms with Crippen LogP contribution in [0.2, 0.25) is 0 Å². The molecule has 0 radical (unpaired) electrons. The first-order chi connectivity index (χ1) is 8.06. The van der Waals surface area contributed by atoms with Crippen molar-refractivity contribution in [3.8, 4) is 6.07 Å². The van der Waals surface area contributed by atoms with Gasteiger partial charge in [0.2, 0.25) is 5.88 Å². The lowest BCUT2D eigenvalue weighted by molar-refractivity contribution is -0.112. The van der Waals surface area contributed by atoms with Crippen molar-refractivity contribution in [2.75, 3.05) is 19.4 Å². The van der Waals surface area contributed by atoms with E-state index >= 15 is 0 Å². The van der Waals surface area contributed by atoms with Gasteiger partial charge in [0.1, 0.15) is 6.07 Å². The minimum absolute atomic E-state index is 0.321. The number of amides is 1. The predicted octanol–water partition coefficient (Wildman–Crippen LogP) is 1.48. The number of nitriles is 1. The molecular formula is C12H13N3O2. The molecule has 1 aromatic carbocycles. The smallest absolute Gasteiger partial charge is 0.271 e. The van der Waals surface area contributed by atoms with E-state index in [1.54, 1.807) is 44.4 Å². The van der Waals surface area contributed by atoms with Crippen molar-refractivity contribution < 1.29 is 9.90 Å². The maximum Gasteiger partial charge on any atom is 0.271 e. The molecule has 88 valence electrons. The Bertz CT molecular complexity index is 472. The second kappa shape index (κ2) is 5.56. The molecule has 5 nitrogen and oxygen atoms in total. The van der Waals surface area contributed by atoms with Gasteiger partial charge in [-0.1, -0.05) is 18.2 Å². The third-order valence-corrected chi connectivity index (χ3v) is 2.02. The summed E-state index contributed by atoms with van der Waals surface area (Å²) in [6.07, 6.45) is 0. The summed E-state index contributed by atoms with van der Waals surface area (Å²) in [6.45, 7) is 0. The maximum atomic E-state index is 11.7. The lowest BCUT2D eigenvalue weighted by atomic mass is 10.2. The Balaban J connectivity index is 2.91. The lowest BCUT2D eigenvalue weighted by Crippen LogP contribution is -2.21. The number of hydrogen-bond acceptors (Lipinski definition) is 4. The van der Waals surface area contributed by atoms with E-state index in [4.69, 9.17) is 5.26 Å². The average molecular weight is 231 g/mol. The first-order valence-corrected chi connectivity index (χ1v) is 4.93. The zero-order valence-electron chi connectivity index (χ0n) is 9.64. The standard InChI is InChI=1S/C12H13N3O2/c1-15(2)12(17)10(8-13)11(16)14-9-6-4-3-5-7-9/h3-7,17H,1-2H3,(H,14,16)/b12-10-. The average Bonchev–Trinajstić information content (AvgIpc) is 2.30. The van der Waals surface area contributed by atoms with E-state index in [1.165, 1.54) is 4.90 Å². The predicted molar refractivity (Wildman–Crippen MR) is 64.0 cm³/mol. The monoisotopic (exact) mass is 231 g/mol. The Kier molecular flexibility index (Phi) is 4.12. The fourth-order valence-corrected chi connectivity index (χ4v) is 1.14. The summed E-state index contributed by atoms with van der Waals surface area (Å²) in [5.74, 6) is -0.995. The van der Waals surface area contributed by atoms with Gasteiger partial charge in [-0.2, -0.15) is 5.26 Å². The molecule has 0 aliphatic carbocycles. The molecule has 0 atom stereocenters. The van der Waals surface area contributed by atoms with E-state index in [0.29, 0.717) is 5.69 Å². The molecule has 0 saturated carbocycles. The molecule has 0 unspecified atom stereocenters. The van der Waals surface area contributed by atoms with Crippen LogP contribution in [-0.4, -0.2) is 30.0 Å². The third kappa shape index (κ3) is 3.24. The van der Waals surface area contributed by atoms with Crippen LogP contribution in [0.5, 0.6) is 0 Å². The van der Waals surface area contributed by atoms with Crippen molar-refractivity contribution in [1.82, 2.24) is 4.90 Å². The van der Waals surface area contributed by atoms with E-state index < -0.39 is 5.91 Å². The number of benzene rings is 1. The number of carbonyl (C=O) groups excluding carboxylic acids is 1. The zero-order valence-corrected chi connectivity index (χ0v) is 9.64. The summed E-state index contributed by atoms with van der Waals surface area (Å²) in [5, 5.41) is 20.9. The molecule has 0 fully saturated rings. The highest BCUT2D eigenvalue weighted by Gasteiger charge is 2.16. The van der Waals surface area contributed by atoms with Crippen LogP contribution >= 0.6 is 0 Å². The van der Waals surface area contributed by atoms with Crippen molar-refractivity contribution in [2.45, 2.75) is 0 Å². The van der Waals surface area contributed by atoms with Crippen LogP contribution in [0.15, 0.2) is 41.8 Å². The van der Waals surface area contributed by atoms with Gasteiger partial charge >= 0.3 is 0 Å². The molecule has 1 rings (SSSR count). The van der Waals surface area contributed by atoms with E-state index in [9.17, 15) is 9.90 Å². The van der Waals surface area contributed by atoms with Gasteiger partial charge < -0.3 is 15.3 Å². The fraction of sp³-hybridized carbons (Fsp3) is 0.167. The summed E-state index contributed by atoms with van der Waals surface area (Å²) in [6, 6.07) is 10.4. The molecular weight excluding hydrogens is 218 g/mol. The first-order valence-electron chi connectivity index (χ1n) is 4.93. The number of nitrogens with zero attached hydrogens (tertiary/aromatic N) is 2. The van der Waals surface area contributed by atoms with Crippen molar-refractivity contribution in [2.24, 2.45) is 0 Å². The largest absolute Gasteiger partial charge is 0.494 e. The topological polar surface area (TPSA) is 76.4 Å². The van der Waals surface area contributed by atoms with E-state index in [2.05, 4.69) is 5.32 Å². The number of nitrogens with one attached hydrogen (secondary N) is 1. The molecule has 0 aliphatic heterocycles. The summed E-state index contributed by atoms with van der Waals surface area (Å²) in [7, 11) is 3.09. The summed E-state index contributed by atoms with van der Waals surface area (Å²) < 4.78 is 0. The quantitative estimate of drug-likeness (QED) is 0.469. The van der Waals surface area contributed by atoms with Gasteiger partial charge in [0.05, 0.1) is 0 Å². The Morgan fingerprint density at radius 3 is 2.41 bits per heavy atom. The van der Waals surface area contributed by atoms with Crippen LogP contribution in [0.1, 0.15) is 0 Å². The van der Waals surface area contributed by atoms with Gasteiger partial charge in [-0.3, -0.25) is 4.79 Å². The molecule has 0 saturated heterocycles. The summed E-state index contributed by atoms with van der Waals surface area (Å²) >= 11 is 0. The Labute approximate surface area is 99.6 Å². The van der Waals surface area contributed by atoms with Crippen LogP contribution in [0, 0.1) is 11.3 Å². The van der Waals surface area contributed by atoms with Crippen molar-refractivity contribution in [3.63, 3.8) is 0 Å². The molecule has 5 heteroatoms. The minimum atomic E-state index is -0.634. The number of carbonyl (C=O) groups is 1. The lowest BCUT2D eigenvalue weighted by Gasteiger charge is -2.12. The molecule has 1 amide bonds. The molecule has 0 aliphatic rings. The first kappa shape index (κ1) is 12.6. The van der Waals surface area contributed by atoms with Crippen LogP contribution in [-0.2, 0) is 4.79 Å². The van der Waals surface area contributed by atoms with Crippen molar-refractivity contribution in [3.05, 3.63) is 41.8 Å². The molecule has 0 aromatic heterocycles. The van der Waals surface area contributed by atoms with E-state index in [0.717, 1.165) is 0 Å². The minimum Gasteiger partial charge on any atom is -0.494 e. The van der Waals surface area contributed by atoms with E-state index in [-0.39, 0.29) is 11.5 Å². The molecule has 17 heavy (non-hydrogen) atoms. The Hall–Kier alpha value is -2.48. The highest BCUT2D eigenvalue weighted by Crippen LogP contribution is 2.09. The molecule has 0 bridgehead atoms. The molecule has 1 aromatic rings. The zero-order chi connectivity index (χ0) is 12.8. The van der Waals surface area contributed by atoms with Crippen LogP contribution in [0.25, 0.3) is 0 Å². The Morgan fingerprint density at radius 2 is 1.94 bits per heavy atom. The number of rotatable bonds is 3. The van der Waals surface area contributed by atoms with Crippen LogP contribution in [0.4, 0.5) is 5.69 Å². The van der Waals surface area contributed by atoms with Crippen LogP contribution in [0.3, 0.4) is 0 Å². The number of anilines is 1. The number of para-hydroxylation sites is 1. The fourth-order valence-electron chi connectivity index (χ4n) is 1.14. The van der Waals surface area contributed by atoms with Gasteiger partial charge in [0, 0.05) is 19.8 Å².